The molecule has 0 saturated heterocycles. The summed E-state index contributed by atoms with van der Waals surface area (Å²) in [6.07, 6.45) is 2.90. The summed E-state index contributed by atoms with van der Waals surface area (Å²) >= 11 is 6.07. The van der Waals surface area contributed by atoms with Crippen molar-refractivity contribution in [2.45, 2.75) is 38.3 Å². The van der Waals surface area contributed by atoms with Crippen molar-refractivity contribution in [2.24, 2.45) is 0 Å². The molecule has 2 aliphatic rings. The van der Waals surface area contributed by atoms with Gasteiger partial charge in [-0.05, 0) is 37.0 Å². The first-order valence-corrected chi connectivity index (χ1v) is 8.82. The number of benzene rings is 1. The van der Waals surface area contributed by atoms with Crippen molar-refractivity contribution in [3.8, 4) is 11.5 Å². The minimum atomic E-state index is -0.0424. The molecule has 7 heteroatoms. The number of halogens is 1. The summed E-state index contributed by atoms with van der Waals surface area (Å²) in [5.41, 5.74) is 2.66. The molecule has 0 bridgehead atoms. The van der Waals surface area contributed by atoms with Crippen molar-refractivity contribution in [1.29, 1.82) is 0 Å². The molecule has 2 heterocycles. The summed E-state index contributed by atoms with van der Waals surface area (Å²) < 4.78 is 5.17. The Morgan fingerprint density at radius 1 is 1.44 bits per heavy atom. The van der Waals surface area contributed by atoms with Gasteiger partial charge in [-0.3, -0.25) is 9.69 Å². The molecule has 0 amide bonds. The van der Waals surface area contributed by atoms with Gasteiger partial charge in [0.05, 0.1) is 17.8 Å². The second-order valence-electron chi connectivity index (χ2n) is 6.74. The number of phenols is 1. The molecule has 1 aliphatic carbocycles. The average molecular weight is 362 g/mol. The highest BCUT2D eigenvalue weighted by Gasteiger charge is 2.29. The van der Waals surface area contributed by atoms with Crippen LogP contribution in [0.1, 0.15) is 41.4 Å². The van der Waals surface area contributed by atoms with E-state index in [0.717, 1.165) is 42.0 Å². The molecule has 1 aliphatic heterocycles. The highest BCUT2D eigenvalue weighted by atomic mass is 35.5. The van der Waals surface area contributed by atoms with Crippen molar-refractivity contribution in [3.05, 3.63) is 50.2 Å². The van der Waals surface area contributed by atoms with Gasteiger partial charge in [-0.2, -0.15) is 0 Å². The third kappa shape index (κ3) is 3.24. The van der Waals surface area contributed by atoms with E-state index >= 15 is 0 Å². The van der Waals surface area contributed by atoms with Crippen LogP contribution in [0.2, 0.25) is 5.02 Å². The molecule has 25 heavy (non-hydrogen) atoms. The number of aromatic hydroxyl groups is 1. The monoisotopic (exact) mass is 361 g/mol. The molecule has 132 valence electrons. The van der Waals surface area contributed by atoms with Gasteiger partial charge in [0.15, 0.2) is 11.5 Å². The Kier molecular flexibility index (Phi) is 4.17. The second-order valence-corrected chi connectivity index (χ2v) is 7.15. The highest BCUT2D eigenvalue weighted by molar-refractivity contribution is 6.32. The molecule has 1 saturated carbocycles. The zero-order chi connectivity index (χ0) is 17.6. The van der Waals surface area contributed by atoms with Crippen LogP contribution in [0.25, 0.3) is 0 Å². The van der Waals surface area contributed by atoms with Gasteiger partial charge in [0.25, 0.3) is 5.56 Å². The first kappa shape index (κ1) is 16.4. The Balaban J connectivity index is 1.56. The van der Waals surface area contributed by atoms with Gasteiger partial charge < -0.3 is 14.8 Å². The molecule has 0 unspecified atom stereocenters. The van der Waals surface area contributed by atoms with Gasteiger partial charge in [0.1, 0.15) is 5.82 Å². The van der Waals surface area contributed by atoms with Crippen molar-refractivity contribution >= 4 is 11.6 Å². The molecular weight excluding hydrogens is 342 g/mol. The normalized spacial score (nSPS) is 17.4. The predicted molar refractivity (Wildman–Crippen MR) is 94.3 cm³/mol. The van der Waals surface area contributed by atoms with Crippen LogP contribution < -0.4 is 10.3 Å². The van der Waals surface area contributed by atoms with Gasteiger partial charge >= 0.3 is 0 Å². The zero-order valence-corrected chi connectivity index (χ0v) is 14.8. The van der Waals surface area contributed by atoms with Crippen molar-refractivity contribution < 1.29 is 9.84 Å². The van der Waals surface area contributed by atoms with Gasteiger partial charge in [0, 0.05) is 31.1 Å². The van der Waals surface area contributed by atoms with E-state index in [4.69, 9.17) is 21.3 Å². The number of hydrogen-bond donors (Lipinski definition) is 2. The fourth-order valence-corrected chi connectivity index (χ4v) is 3.56. The fraction of sp³-hybridized carbons (Fsp3) is 0.444. The number of H-pyrrole nitrogens is 1. The quantitative estimate of drug-likeness (QED) is 0.875. The van der Waals surface area contributed by atoms with Crippen LogP contribution in [0.15, 0.2) is 16.9 Å². The van der Waals surface area contributed by atoms with Crippen LogP contribution in [0.4, 0.5) is 0 Å². The van der Waals surface area contributed by atoms with E-state index in [1.165, 1.54) is 7.11 Å². The maximum atomic E-state index is 12.3. The molecule has 0 spiro atoms. The lowest BCUT2D eigenvalue weighted by molar-refractivity contribution is 0.239. The molecule has 1 fully saturated rings. The molecule has 2 aromatic rings. The minimum Gasteiger partial charge on any atom is -0.503 e. The number of fused-ring (bicyclic) bond motifs is 1. The molecule has 1 aromatic heterocycles. The van der Waals surface area contributed by atoms with E-state index < -0.39 is 0 Å². The van der Waals surface area contributed by atoms with Crippen LogP contribution in [-0.2, 0) is 19.5 Å². The van der Waals surface area contributed by atoms with Gasteiger partial charge in [-0.25, -0.2) is 4.98 Å². The zero-order valence-electron chi connectivity index (χ0n) is 14.0. The molecule has 6 nitrogen and oxygen atoms in total. The lowest BCUT2D eigenvalue weighted by Crippen LogP contribution is -2.35. The van der Waals surface area contributed by atoms with Crippen LogP contribution >= 0.6 is 11.6 Å². The lowest BCUT2D eigenvalue weighted by Gasteiger charge is -2.28. The van der Waals surface area contributed by atoms with Crippen molar-refractivity contribution in [1.82, 2.24) is 14.9 Å². The number of hydrogen-bond acceptors (Lipinski definition) is 5. The van der Waals surface area contributed by atoms with Gasteiger partial charge in [0.2, 0.25) is 0 Å². The predicted octanol–water partition coefficient (Wildman–Crippen LogP) is 2.57. The SMILES string of the molecule is COc1cc(CN2CCc3c(nc(C4CC4)[nH]c3=O)C2)cc(Cl)c1O. The van der Waals surface area contributed by atoms with E-state index in [1.54, 1.807) is 12.1 Å². The summed E-state index contributed by atoms with van der Waals surface area (Å²) in [4.78, 5) is 22.2. The van der Waals surface area contributed by atoms with Crippen LogP contribution in [0.5, 0.6) is 11.5 Å². The number of aromatic nitrogens is 2. The third-order valence-corrected chi connectivity index (χ3v) is 5.14. The van der Waals surface area contributed by atoms with Crippen molar-refractivity contribution in [3.63, 3.8) is 0 Å². The van der Waals surface area contributed by atoms with E-state index in [-0.39, 0.29) is 16.3 Å². The summed E-state index contributed by atoms with van der Waals surface area (Å²) in [5.74, 6) is 1.58. The van der Waals surface area contributed by atoms with Crippen LogP contribution in [0.3, 0.4) is 0 Å². The largest absolute Gasteiger partial charge is 0.503 e. The maximum Gasteiger partial charge on any atom is 0.254 e. The number of nitrogens with zero attached hydrogens (tertiary/aromatic N) is 2. The average Bonchev–Trinajstić information content (AvgIpc) is 3.42. The maximum absolute atomic E-state index is 12.3. The lowest BCUT2D eigenvalue weighted by atomic mass is 10.1. The Bertz CT molecular complexity index is 877. The van der Waals surface area contributed by atoms with E-state index in [9.17, 15) is 9.90 Å². The first-order chi connectivity index (χ1) is 12.0. The number of methoxy groups -OCH3 is 1. The van der Waals surface area contributed by atoms with Crippen LogP contribution in [-0.4, -0.2) is 33.6 Å². The molecule has 0 atom stereocenters. The van der Waals surface area contributed by atoms with E-state index in [1.807, 2.05) is 0 Å². The minimum absolute atomic E-state index is 0.0147. The molecule has 2 N–H and O–H groups in total. The molecular formula is C18H20ClN3O3. The first-order valence-electron chi connectivity index (χ1n) is 8.45. The number of rotatable bonds is 4. The molecule has 0 radical (unpaired) electrons. The summed E-state index contributed by atoms with van der Waals surface area (Å²) in [5, 5.41) is 10.1. The van der Waals surface area contributed by atoms with Gasteiger partial charge in [-0.15, -0.1) is 0 Å². The number of ether oxygens (including phenoxy) is 1. The van der Waals surface area contributed by atoms with E-state index in [2.05, 4.69) is 9.88 Å². The Morgan fingerprint density at radius 3 is 2.96 bits per heavy atom. The Morgan fingerprint density at radius 2 is 2.24 bits per heavy atom. The number of nitrogens with one attached hydrogen (secondary N) is 1. The summed E-state index contributed by atoms with van der Waals surface area (Å²) in [7, 11) is 1.50. The Labute approximate surface area is 150 Å². The fourth-order valence-electron chi connectivity index (χ4n) is 3.33. The smallest absolute Gasteiger partial charge is 0.254 e. The summed E-state index contributed by atoms with van der Waals surface area (Å²) in [6.45, 7) is 2.07. The highest BCUT2D eigenvalue weighted by Crippen LogP contribution is 2.38. The summed E-state index contributed by atoms with van der Waals surface area (Å²) in [6, 6.07) is 3.54. The van der Waals surface area contributed by atoms with Gasteiger partial charge in [-0.1, -0.05) is 11.6 Å². The third-order valence-electron chi connectivity index (χ3n) is 4.85. The second kappa shape index (κ2) is 6.35. The molecule has 4 rings (SSSR count). The van der Waals surface area contributed by atoms with Crippen molar-refractivity contribution in [2.75, 3.05) is 13.7 Å². The Hall–Kier alpha value is -2.05. The number of aromatic amines is 1. The topological polar surface area (TPSA) is 78.5 Å². The molecule has 1 aromatic carbocycles. The van der Waals surface area contributed by atoms with Crippen LogP contribution in [0, 0.1) is 0 Å². The van der Waals surface area contributed by atoms with E-state index in [0.29, 0.717) is 31.2 Å². The number of phenolic OH excluding ortho intramolecular Hbond substituents is 1. The standard InChI is InChI=1S/C18H20ClN3O3/c1-25-15-7-10(6-13(19)16(15)23)8-22-5-4-12-14(9-22)20-17(11-2-3-11)21-18(12)24/h6-7,11,23H,2-5,8-9H2,1H3,(H,20,21,24).